The predicted molar refractivity (Wildman–Crippen MR) is 446 cm³/mol. The van der Waals surface area contributed by atoms with Crippen LogP contribution in [0.4, 0.5) is 0 Å². The lowest BCUT2D eigenvalue weighted by Crippen LogP contribution is -2.30. The number of rotatable bonds is 88. The minimum Gasteiger partial charge on any atom is -0.462 e. The third-order valence-corrected chi connectivity index (χ3v) is 22.9. The smallest absolute Gasteiger partial charge is 0.462 e. The van der Waals surface area contributed by atoms with Gasteiger partial charge >= 0.3 is 39.5 Å². The highest BCUT2D eigenvalue weighted by Crippen LogP contribution is 2.45. The Morgan fingerprint density at radius 3 is 0.630 bits per heavy atom. The van der Waals surface area contributed by atoms with Crippen LogP contribution in [0.15, 0.2) is 0 Å². The first-order chi connectivity index (χ1) is 52.4. The van der Waals surface area contributed by atoms with Gasteiger partial charge in [0.1, 0.15) is 19.3 Å². The lowest BCUT2D eigenvalue weighted by Gasteiger charge is -2.21. The fourth-order valence-corrected chi connectivity index (χ4v) is 15.5. The number of carbonyl (C=O) groups is 4. The molecule has 0 aromatic heterocycles. The highest BCUT2D eigenvalue weighted by atomic mass is 31.2. The number of phosphoric acid groups is 2. The van der Waals surface area contributed by atoms with Crippen molar-refractivity contribution in [3.05, 3.63) is 0 Å². The highest BCUT2D eigenvalue weighted by Gasteiger charge is 2.31. The van der Waals surface area contributed by atoms with Gasteiger partial charge in [0.05, 0.1) is 26.4 Å². The molecule has 3 N–H and O–H groups in total. The molecule has 108 heavy (non-hydrogen) atoms. The Morgan fingerprint density at radius 2 is 0.426 bits per heavy atom. The van der Waals surface area contributed by atoms with E-state index < -0.39 is 97.5 Å². The average Bonchev–Trinajstić information content (AvgIpc) is 0.626. The Hall–Kier alpha value is -1.94. The van der Waals surface area contributed by atoms with Crippen molar-refractivity contribution in [3.63, 3.8) is 0 Å². The Kier molecular flexibility index (Phi) is 78.8. The van der Waals surface area contributed by atoms with E-state index in [1.165, 1.54) is 295 Å². The lowest BCUT2D eigenvalue weighted by molar-refractivity contribution is -0.161. The maximum atomic E-state index is 13.2. The molecule has 0 aromatic rings. The Balaban J connectivity index is 5.21. The molecule has 5 atom stereocenters. The van der Waals surface area contributed by atoms with Crippen LogP contribution in [0.5, 0.6) is 0 Å². The van der Waals surface area contributed by atoms with E-state index in [9.17, 15) is 43.2 Å². The first-order valence-corrected chi connectivity index (χ1v) is 49.0. The van der Waals surface area contributed by atoms with Crippen LogP contribution in [-0.4, -0.2) is 96.7 Å². The fourth-order valence-electron chi connectivity index (χ4n) is 14.0. The largest absolute Gasteiger partial charge is 0.472 e. The summed E-state index contributed by atoms with van der Waals surface area (Å²) in [6.07, 6.45) is 73.7. The minimum atomic E-state index is -4.97. The Bertz CT molecular complexity index is 2060. The molecule has 2 unspecified atom stereocenters. The number of hydrogen-bond donors (Lipinski definition) is 3. The minimum absolute atomic E-state index is 0.108. The maximum absolute atomic E-state index is 13.2. The van der Waals surface area contributed by atoms with Gasteiger partial charge in [-0.2, -0.15) is 0 Å². The van der Waals surface area contributed by atoms with Crippen LogP contribution in [-0.2, 0) is 65.4 Å². The first kappa shape index (κ1) is 106. The van der Waals surface area contributed by atoms with Crippen LogP contribution in [0.3, 0.4) is 0 Å². The second-order valence-electron chi connectivity index (χ2n) is 32.9. The molecule has 17 nitrogen and oxygen atoms in total. The van der Waals surface area contributed by atoms with E-state index in [0.29, 0.717) is 25.7 Å². The zero-order chi connectivity index (χ0) is 79.2. The van der Waals surface area contributed by atoms with Gasteiger partial charge in [0, 0.05) is 25.7 Å². The number of hydrogen-bond acceptors (Lipinski definition) is 15. The van der Waals surface area contributed by atoms with Gasteiger partial charge in [-0.1, -0.05) is 427 Å². The summed E-state index contributed by atoms with van der Waals surface area (Å²) in [6, 6.07) is 0. The van der Waals surface area contributed by atoms with Crippen molar-refractivity contribution in [1.29, 1.82) is 0 Å². The van der Waals surface area contributed by atoms with Crippen molar-refractivity contribution in [1.82, 2.24) is 0 Å². The zero-order valence-electron chi connectivity index (χ0n) is 71.2. The quantitative estimate of drug-likeness (QED) is 0.0222. The molecule has 0 aromatic carbocycles. The summed E-state index contributed by atoms with van der Waals surface area (Å²) >= 11 is 0. The van der Waals surface area contributed by atoms with Gasteiger partial charge in [-0.15, -0.1) is 0 Å². The van der Waals surface area contributed by atoms with Crippen molar-refractivity contribution in [2.45, 2.75) is 496 Å². The highest BCUT2D eigenvalue weighted by molar-refractivity contribution is 7.47. The third kappa shape index (κ3) is 82.1. The van der Waals surface area contributed by atoms with E-state index in [0.717, 1.165) is 102 Å². The monoisotopic (exact) mass is 1580 g/mol. The SMILES string of the molecule is CCCCCCCCCCCCCCCCCCCCCCCC(=O)OC[C@H](COP(=O)(O)OC[C@@H](O)COP(=O)(O)OC[C@@H](COC(=O)CCCCCCCCCCCC)OC(=O)CCCCCCCCCCCCCCCC(C)C)OC(=O)CCCCCCCCCCCCCCCCCCCCC(C)C. The normalized spacial score (nSPS) is 13.8. The molecule has 0 radical (unpaired) electrons. The summed E-state index contributed by atoms with van der Waals surface area (Å²) in [5, 5.41) is 10.7. The van der Waals surface area contributed by atoms with Crippen molar-refractivity contribution in [2.24, 2.45) is 11.8 Å². The summed E-state index contributed by atoms with van der Waals surface area (Å²) in [7, 11) is -9.93. The van der Waals surface area contributed by atoms with E-state index in [1.807, 2.05) is 0 Å². The molecule has 0 rings (SSSR count). The van der Waals surface area contributed by atoms with Gasteiger partial charge in [-0.05, 0) is 37.5 Å². The number of esters is 4. The molecule has 0 amide bonds. The van der Waals surface area contributed by atoms with Crippen LogP contribution in [0, 0.1) is 11.8 Å². The number of unbranched alkanes of at least 4 members (excludes halogenated alkanes) is 58. The zero-order valence-corrected chi connectivity index (χ0v) is 73.0. The molecular weight excluding hydrogens is 1400 g/mol. The summed E-state index contributed by atoms with van der Waals surface area (Å²) in [6.45, 7) is 9.73. The lowest BCUT2D eigenvalue weighted by atomic mass is 10.0. The second-order valence-corrected chi connectivity index (χ2v) is 35.8. The molecule has 19 heteroatoms. The molecule has 0 aliphatic heterocycles. The third-order valence-electron chi connectivity index (χ3n) is 21.0. The predicted octanol–water partition coefficient (Wildman–Crippen LogP) is 27.4. The standard InChI is InChI=1S/C89H174O17P2/c1-7-9-11-13-15-17-19-20-21-22-23-24-25-29-32-37-42-48-54-60-66-72-87(92)100-78-85(106-88(93)73-67-61-55-49-43-38-33-30-27-26-28-31-35-40-45-51-57-63-69-81(3)4)80-104-108(97,98)102-76-83(90)75-101-107(95,96)103-79-84(77-99-86(91)71-65-59-53-47-18-16-14-12-10-8-2)105-89(94)74-68-62-56-50-44-39-34-36-41-46-52-58-64-70-82(5)6/h81-85,90H,7-80H2,1-6H3,(H,95,96)(H,97,98)/t83-,84+,85+/m0/s1. The number of ether oxygens (including phenoxy) is 4. The van der Waals surface area contributed by atoms with Gasteiger partial charge in [0.25, 0.3) is 0 Å². The van der Waals surface area contributed by atoms with Crippen molar-refractivity contribution < 1.29 is 80.2 Å². The van der Waals surface area contributed by atoms with Crippen molar-refractivity contribution in [3.8, 4) is 0 Å². The topological polar surface area (TPSA) is 237 Å². The molecule has 0 saturated carbocycles. The van der Waals surface area contributed by atoms with Gasteiger partial charge in [0.15, 0.2) is 12.2 Å². The molecule has 0 fully saturated rings. The van der Waals surface area contributed by atoms with E-state index in [4.69, 9.17) is 37.0 Å². The van der Waals surface area contributed by atoms with Gasteiger partial charge < -0.3 is 33.8 Å². The Labute approximate surface area is 664 Å². The molecule has 0 saturated heterocycles. The Morgan fingerprint density at radius 1 is 0.250 bits per heavy atom. The molecule has 0 aliphatic carbocycles. The van der Waals surface area contributed by atoms with Crippen molar-refractivity contribution in [2.75, 3.05) is 39.6 Å². The van der Waals surface area contributed by atoms with E-state index in [2.05, 4.69) is 41.5 Å². The number of aliphatic hydroxyl groups excluding tert-OH is 1. The van der Waals surface area contributed by atoms with Crippen molar-refractivity contribution >= 4 is 39.5 Å². The molecule has 0 aliphatic rings. The number of aliphatic hydroxyl groups is 1. The number of phosphoric ester groups is 2. The second kappa shape index (κ2) is 80.3. The van der Waals surface area contributed by atoms with Gasteiger partial charge in [0.2, 0.25) is 0 Å². The summed E-state index contributed by atoms with van der Waals surface area (Å²) < 4.78 is 69.0. The van der Waals surface area contributed by atoms with Crippen LogP contribution in [0.1, 0.15) is 478 Å². The summed E-state index contributed by atoms with van der Waals surface area (Å²) in [4.78, 5) is 73.3. The van der Waals surface area contributed by atoms with Crippen LogP contribution >= 0.6 is 15.6 Å². The molecule has 0 bridgehead atoms. The number of carbonyl (C=O) groups excluding carboxylic acids is 4. The van der Waals surface area contributed by atoms with E-state index in [-0.39, 0.29) is 25.7 Å². The van der Waals surface area contributed by atoms with E-state index >= 15 is 0 Å². The van der Waals surface area contributed by atoms with Gasteiger partial charge in [-0.25, -0.2) is 9.13 Å². The molecule has 0 spiro atoms. The van der Waals surface area contributed by atoms with Gasteiger partial charge in [-0.3, -0.25) is 37.3 Å². The van der Waals surface area contributed by atoms with Crippen LogP contribution in [0.2, 0.25) is 0 Å². The molecule has 0 heterocycles. The summed E-state index contributed by atoms with van der Waals surface area (Å²) in [5.74, 6) is -0.492. The van der Waals surface area contributed by atoms with E-state index in [1.54, 1.807) is 0 Å². The maximum Gasteiger partial charge on any atom is 0.472 e. The molecular formula is C89H174O17P2. The molecule has 642 valence electrons. The first-order valence-electron chi connectivity index (χ1n) is 46.0. The van der Waals surface area contributed by atoms with Crippen LogP contribution < -0.4 is 0 Å². The average molecular weight is 1580 g/mol. The van der Waals surface area contributed by atoms with Crippen LogP contribution in [0.25, 0.3) is 0 Å². The fraction of sp³-hybridized carbons (Fsp3) is 0.955. The summed E-state index contributed by atoms with van der Waals surface area (Å²) in [5.41, 5.74) is 0.